The standard InChI is InChI=1S/C24H29ClN6O7S/c1-2-38-24(34)20(29-39(36,37)19-9-5-17(25)6-10-19)13-27-21(32)14-31-12-11-30(15-22(31)33)18-7-3-16(4-8-18)23(26)28-35/h3-10,20,29,35H,2,11-15H2,1H3,(H2,26,28)(H,27,32)/t20-/m0/s1. The van der Waals surface area contributed by atoms with Gasteiger partial charge in [0, 0.05) is 35.9 Å². The molecule has 0 aliphatic carbocycles. The van der Waals surface area contributed by atoms with Crippen molar-refractivity contribution in [3.8, 4) is 0 Å². The number of rotatable bonds is 11. The van der Waals surface area contributed by atoms with E-state index in [1.54, 1.807) is 31.2 Å². The number of nitrogens with zero attached hydrogens (tertiary/aromatic N) is 3. The molecule has 13 nitrogen and oxygen atoms in total. The minimum Gasteiger partial charge on any atom is -0.465 e. The molecule has 39 heavy (non-hydrogen) atoms. The van der Waals surface area contributed by atoms with E-state index in [4.69, 9.17) is 27.3 Å². The Balaban J connectivity index is 1.56. The molecular weight excluding hydrogens is 552 g/mol. The summed E-state index contributed by atoms with van der Waals surface area (Å²) in [5.74, 6) is -1.75. The number of carbonyl (C=O) groups excluding carboxylic acids is 3. The maximum atomic E-state index is 12.7. The van der Waals surface area contributed by atoms with Crippen molar-refractivity contribution >= 4 is 50.9 Å². The third-order valence-electron chi connectivity index (χ3n) is 5.78. The number of benzene rings is 2. The van der Waals surface area contributed by atoms with Gasteiger partial charge in [-0.3, -0.25) is 14.4 Å². The first-order valence-electron chi connectivity index (χ1n) is 11.9. The number of oxime groups is 1. The first-order chi connectivity index (χ1) is 18.5. The quantitative estimate of drug-likeness (QED) is 0.0941. The second-order valence-corrected chi connectivity index (χ2v) is 10.6. The number of ether oxygens (including phenoxy) is 1. The Hall–Kier alpha value is -3.88. The molecule has 3 rings (SSSR count). The van der Waals surface area contributed by atoms with Crippen LogP contribution in [-0.4, -0.2) is 87.5 Å². The number of nitrogens with one attached hydrogen (secondary N) is 2. The zero-order valence-electron chi connectivity index (χ0n) is 21.0. The van der Waals surface area contributed by atoms with E-state index in [9.17, 15) is 22.8 Å². The predicted molar refractivity (Wildman–Crippen MR) is 143 cm³/mol. The number of esters is 1. The lowest BCUT2D eigenvalue weighted by Crippen LogP contribution is -2.54. The lowest BCUT2D eigenvalue weighted by Gasteiger charge is -2.35. The van der Waals surface area contributed by atoms with Crippen LogP contribution in [0, 0.1) is 0 Å². The molecule has 15 heteroatoms. The summed E-state index contributed by atoms with van der Waals surface area (Å²) in [7, 11) is -4.12. The Morgan fingerprint density at radius 3 is 2.41 bits per heavy atom. The minimum atomic E-state index is -4.12. The fraction of sp³-hybridized carbons (Fsp3) is 0.333. The molecule has 1 atom stereocenters. The van der Waals surface area contributed by atoms with Crippen molar-refractivity contribution < 1.29 is 32.7 Å². The SMILES string of the molecule is CCOC(=O)[C@H](CNC(=O)CN1CCN(c2ccc(C(N)=NO)cc2)CC1=O)NS(=O)(=O)c1ccc(Cl)cc1. The fourth-order valence-corrected chi connectivity index (χ4v) is 5.04. The number of halogens is 1. The number of piperazine rings is 1. The Morgan fingerprint density at radius 1 is 1.15 bits per heavy atom. The number of carbonyl (C=O) groups is 3. The molecule has 0 radical (unpaired) electrons. The smallest absolute Gasteiger partial charge is 0.326 e. The molecule has 1 aliphatic rings. The van der Waals surface area contributed by atoms with Crippen LogP contribution in [-0.2, 0) is 29.1 Å². The predicted octanol–water partition coefficient (Wildman–Crippen LogP) is 0.110. The summed E-state index contributed by atoms with van der Waals surface area (Å²) >= 11 is 5.81. The second-order valence-electron chi connectivity index (χ2n) is 8.45. The third kappa shape index (κ3) is 8.05. The van der Waals surface area contributed by atoms with Crippen molar-refractivity contribution in [1.82, 2.24) is 14.9 Å². The molecule has 2 amide bonds. The Kier molecular flexibility index (Phi) is 10.1. The highest BCUT2D eigenvalue weighted by molar-refractivity contribution is 7.89. The molecule has 0 aromatic heterocycles. The van der Waals surface area contributed by atoms with Gasteiger partial charge in [-0.05, 0) is 55.5 Å². The molecule has 2 aromatic carbocycles. The van der Waals surface area contributed by atoms with Gasteiger partial charge in [0.15, 0.2) is 5.84 Å². The number of nitrogens with two attached hydrogens (primary N) is 1. The van der Waals surface area contributed by atoms with Crippen LogP contribution in [0.15, 0.2) is 58.6 Å². The van der Waals surface area contributed by atoms with Gasteiger partial charge in [0.2, 0.25) is 21.8 Å². The van der Waals surface area contributed by atoms with Gasteiger partial charge in [-0.15, -0.1) is 0 Å². The number of anilines is 1. The van der Waals surface area contributed by atoms with Crippen LogP contribution in [0.5, 0.6) is 0 Å². The van der Waals surface area contributed by atoms with E-state index < -0.39 is 27.9 Å². The van der Waals surface area contributed by atoms with Gasteiger partial charge >= 0.3 is 5.97 Å². The summed E-state index contributed by atoms with van der Waals surface area (Å²) in [5.41, 5.74) is 6.85. The molecule has 0 saturated carbocycles. The number of hydrogen-bond acceptors (Lipinski definition) is 9. The number of amidine groups is 1. The Morgan fingerprint density at radius 2 is 1.82 bits per heavy atom. The van der Waals surface area contributed by atoms with Crippen molar-refractivity contribution in [2.45, 2.75) is 17.9 Å². The molecule has 0 unspecified atom stereocenters. The summed E-state index contributed by atoms with van der Waals surface area (Å²) < 4.78 is 32.6. The van der Waals surface area contributed by atoms with Crippen LogP contribution in [0.3, 0.4) is 0 Å². The largest absolute Gasteiger partial charge is 0.465 e. The van der Waals surface area contributed by atoms with Gasteiger partial charge in [-0.2, -0.15) is 4.72 Å². The molecule has 1 fully saturated rings. The highest BCUT2D eigenvalue weighted by Crippen LogP contribution is 2.18. The average Bonchev–Trinajstić information content (AvgIpc) is 2.92. The summed E-state index contributed by atoms with van der Waals surface area (Å²) in [6.07, 6.45) is 0. The maximum absolute atomic E-state index is 12.7. The maximum Gasteiger partial charge on any atom is 0.326 e. The molecule has 5 N–H and O–H groups in total. The van der Waals surface area contributed by atoms with E-state index in [-0.39, 0.29) is 49.4 Å². The van der Waals surface area contributed by atoms with Crippen molar-refractivity contribution in [3.63, 3.8) is 0 Å². The Bertz CT molecular complexity index is 1320. The molecule has 1 aliphatic heterocycles. The number of sulfonamides is 1. The van der Waals surface area contributed by atoms with Crippen molar-refractivity contribution in [3.05, 3.63) is 59.1 Å². The van der Waals surface area contributed by atoms with Crippen molar-refractivity contribution in [2.75, 3.05) is 44.2 Å². The van der Waals surface area contributed by atoms with E-state index in [1.807, 2.05) is 4.90 Å². The lowest BCUT2D eigenvalue weighted by atomic mass is 10.1. The summed E-state index contributed by atoms with van der Waals surface area (Å²) in [5, 5.41) is 14.6. The van der Waals surface area contributed by atoms with Crippen LogP contribution in [0.1, 0.15) is 12.5 Å². The second kappa shape index (κ2) is 13.3. The highest BCUT2D eigenvalue weighted by atomic mass is 35.5. The van der Waals surface area contributed by atoms with E-state index in [1.165, 1.54) is 29.2 Å². The third-order valence-corrected chi connectivity index (χ3v) is 7.52. The molecule has 1 heterocycles. The summed E-state index contributed by atoms with van der Waals surface area (Å²) in [6, 6.07) is 10.8. The molecular formula is C24H29ClN6O7S. The Labute approximate surface area is 230 Å². The van der Waals surface area contributed by atoms with Gasteiger partial charge in [0.05, 0.1) is 24.6 Å². The topological polar surface area (TPSA) is 184 Å². The fourth-order valence-electron chi connectivity index (χ4n) is 3.73. The molecule has 2 aromatic rings. The van der Waals surface area contributed by atoms with E-state index in [2.05, 4.69) is 15.2 Å². The molecule has 0 spiro atoms. The molecule has 210 valence electrons. The van der Waals surface area contributed by atoms with E-state index in [0.717, 1.165) is 5.69 Å². The first kappa shape index (κ1) is 29.7. The normalized spacial score (nSPS) is 15.1. The van der Waals surface area contributed by atoms with Crippen LogP contribution >= 0.6 is 11.6 Å². The van der Waals surface area contributed by atoms with Gasteiger partial charge in [-0.25, -0.2) is 8.42 Å². The van der Waals surface area contributed by atoms with E-state index >= 15 is 0 Å². The zero-order valence-corrected chi connectivity index (χ0v) is 22.6. The van der Waals surface area contributed by atoms with Crippen LogP contribution in [0.25, 0.3) is 0 Å². The van der Waals surface area contributed by atoms with Crippen molar-refractivity contribution in [1.29, 1.82) is 0 Å². The van der Waals surface area contributed by atoms with Crippen molar-refractivity contribution in [2.24, 2.45) is 10.9 Å². The summed E-state index contributed by atoms with van der Waals surface area (Å²) in [4.78, 5) is 40.8. The monoisotopic (exact) mass is 580 g/mol. The lowest BCUT2D eigenvalue weighted by molar-refractivity contribution is -0.145. The van der Waals surface area contributed by atoms with Gasteiger partial charge in [0.25, 0.3) is 0 Å². The average molecular weight is 581 g/mol. The van der Waals surface area contributed by atoms with Gasteiger partial charge in [0.1, 0.15) is 6.04 Å². The van der Waals surface area contributed by atoms with Crippen LogP contribution in [0.4, 0.5) is 5.69 Å². The highest BCUT2D eigenvalue weighted by Gasteiger charge is 2.29. The zero-order chi connectivity index (χ0) is 28.6. The molecule has 0 bridgehead atoms. The number of amides is 2. The molecule has 1 saturated heterocycles. The summed E-state index contributed by atoms with van der Waals surface area (Å²) in [6.45, 7) is 1.67. The minimum absolute atomic E-state index is 0.00979. The van der Waals surface area contributed by atoms with Crippen LogP contribution < -0.4 is 20.7 Å². The van der Waals surface area contributed by atoms with Gasteiger partial charge in [-0.1, -0.05) is 16.8 Å². The van der Waals surface area contributed by atoms with Gasteiger partial charge < -0.3 is 30.8 Å². The first-order valence-corrected chi connectivity index (χ1v) is 13.7. The van der Waals surface area contributed by atoms with E-state index in [0.29, 0.717) is 17.1 Å². The van der Waals surface area contributed by atoms with Crippen LogP contribution in [0.2, 0.25) is 5.02 Å². The number of hydrogen-bond donors (Lipinski definition) is 4.